The summed E-state index contributed by atoms with van der Waals surface area (Å²) in [5.41, 5.74) is 0. The molecule has 1 saturated heterocycles. The minimum absolute atomic E-state index is 0.0350. The molecular weight excluding hydrogens is 470 g/mol. The number of thioether (sulfide) groups is 1. The molecule has 1 aromatic heterocycles. The number of alkyl halides is 1. The first-order valence-corrected chi connectivity index (χ1v) is 10.9. The molecule has 1 fully saturated rings. The van der Waals surface area contributed by atoms with Crippen molar-refractivity contribution in [1.82, 2.24) is 14.5 Å². The largest absolute Gasteiger partial charge is 0.394 e. The smallest absolute Gasteiger partial charge is 0.209 e. The van der Waals surface area contributed by atoms with Crippen LogP contribution in [-0.2, 0) is 14.3 Å². The van der Waals surface area contributed by atoms with Gasteiger partial charge in [0.1, 0.15) is 24.1 Å². The topological polar surface area (TPSA) is 150 Å². The third kappa shape index (κ3) is 3.55. The molecule has 3 aliphatic heterocycles. The molecule has 3 N–H and O–H groups in total. The number of imidazole rings is 1. The van der Waals surface area contributed by atoms with Gasteiger partial charge in [0.25, 0.3) is 0 Å². The second-order valence-electron chi connectivity index (χ2n) is 6.63. The summed E-state index contributed by atoms with van der Waals surface area (Å²) < 4.78 is 7.30. The van der Waals surface area contributed by atoms with E-state index in [1.165, 1.54) is 6.34 Å². The lowest BCUT2D eigenvalue weighted by Crippen LogP contribution is -2.48. The fourth-order valence-corrected chi connectivity index (χ4v) is 4.61. The number of carbonyl (C=O) groups excluding carboxylic acids is 2. The molecule has 3 aliphatic rings. The average molecular weight is 488 g/mol. The lowest BCUT2D eigenvalue weighted by molar-refractivity contribution is -0.133. The van der Waals surface area contributed by atoms with Gasteiger partial charge in [-0.25, -0.2) is 9.98 Å². The number of rotatable bonds is 6. The summed E-state index contributed by atoms with van der Waals surface area (Å²) >= 11 is 4.08. The maximum Gasteiger partial charge on any atom is 0.209 e. The number of hydrogen-bond acceptors (Lipinski definition) is 11. The highest BCUT2D eigenvalue weighted by atomic mass is 79.9. The number of fused-ring (bicyclic) bond motifs is 3. The summed E-state index contributed by atoms with van der Waals surface area (Å²) in [4.78, 5) is 38.4. The summed E-state index contributed by atoms with van der Waals surface area (Å²) in [7, 11) is 0. The molecule has 0 amide bonds. The van der Waals surface area contributed by atoms with Crippen molar-refractivity contribution in [2.75, 3.05) is 17.7 Å². The van der Waals surface area contributed by atoms with Gasteiger partial charge in [-0.3, -0.25) is 19.1 Å². The van der Waals surface area contributed by atoms with E-state index in [0.29, 0.717) is 11.0 Å². The van der Waals surface area contributed by atoms with Gasteiger partial charge in [-0.1, -0.05) is 27.7 Å². The van der Waals surface area contributed by atoms with Crippen molar-refractivity contribution in [3.8, 4) is 0 Å². The molecule has 6 atom stereocenters. The van der Waals surface area contributed by atoms with Crippen LogP contribution < -0.4 is 0 Å². The van der Waals surface area contributed by atoms with Crippen LogP contribution in [0.2, 0.25) is 0 Å². The molecule has 2 unspecified atom stereocenters. The Morgan fingerprint density at radius 2 is 2.07 bits per heavy atom. The number of nitrogens with zero attached hydrogens (tertiary/aromatic N) is 5. The Balaban J connectivity index is 1.58. The zero-order valence-corrected chi connectivity index (χ0v) is 17.3. The number of ether oxygens (including phenoxy) is 1. The van der Waals surface area contributed by atoms with Crippen molar-refractivity contribution in [1.29, 1.82) is 0 Å². The van der Waals surface area contributed by atoms with Crippen molar-refractivity contribution in [3.05, 3.63) is 18.2 Å². The highest BCUT2D eigenvalue weighted by Gasteiger charge is 2.50. The predicted molar refractivity (Wildman–Crippen MR) is 106 cm³/mol. The molecule has 11 nitrogen and oxygen atoms in total. The molecular formula is C16H18BrN5O6S. The molecule has 156 valence electrons. The molecule has 1 aromatic rings. The molecule has 0 spiro atoms. The van der Waals surface area contributed by atoms with Gasteiger partial charge < -0.3 is 25.0 Å². The van der Waals surface area contributed by atoms with Crippen LogP contribution in [-0.4, -0.2) is 101 Å². The number of aliphatic hydroxyl groups excluding tert-OH is 3. The van der Waals surface area contributed by atoms with Crippen LogP contribution in [0, 0.1) is 0 Å². The van der Waals surface area contributed by atoms with Crippen molar-refractivity contribution in [2.45, 2.75) is 36.7 Å². The maximum atomic E-state index is 11.9. The normalized spacial score (nSPS) is 32.8. The van der Waals surface area contributed by atoms with Crippen LogP contribution >= 0.6 is 27.7 Å². The fraction of sp³-hybridized carbons (Fsp3) is 0.562. The van der Waals surface area contributed by atoms with Crippen molar-refractivity contribution < 1.29 is 29.6 Å². The maximum absolute atomic E-state index is 11.9. The Morgan fingerprint density at radius 3 is 2.76 bits per heavy atom. The minimum Gasteiger partial charge on any atom is -0.394 e. The number of aromatic nitrogens is 2. The van der Waals surface area contributed by atoms with Gasteiger partial charge in [0.05, 0.1) is 24.0 Å². The molecule has 0 bridgehead atoms. The summed E-state index contributed by atoms with van der Waals surface area (Å²) in [5.74, 6) is -0.527. The van der Waals surface area contributed by atoms with Crippen LogP contribution in [0.3, 0.4) is 0 Å². The second kappa shape index (κ2) is 8.24. The summed E-state index contributed by atoms with van der Waals surface area (Å²) in [6.07, 6.45) is -0.225. The van der Waals surface area contributed by atoms with Crippen molar-refractivity contribution >= 4 is 50.8 Å². The van der Waals surface area contributed by atoms with Crippen LogP contribution in [0.4, 0.5) is 0 Å². The monoisotopic (exact) mass is 487 g/mol. The summed E-state index contributed by atoms with van der Waals surface area (Å²) in [5, 5.41) is 30.1. The van der Waals surface area contributed by atoms with Crippen LogP contribution in [0.25, 0.3) is 0 Å². The number of aliphatic hydroxyl groups is 3. The lowest BCUT2D eigenvalue weighted by Gasteiger charge is -2.33. The minimum atomic E-state index is -1.26. The van der Waals surface area contributed by atoms with E-state index in [0.717, 1.165) is 11.8 Å². The first-order valence-electron chi connectivity index (χ1n) is 8.75. The standard InChI is InChI=1S/C16H18BrN5O6S/c17-3-7(24)8(25)5-29-16-20-14-10(13-18-1-2-21(13)16)19-6-22(14)15-12(27)11(26)9(4-23)28-15/h1-2,6,9-12,14-15,23,26-27H,3-5H2/t9-,10?,11-,12-,14?,15-/m1/s1. The lowest BCUT2D eigenvalue weighted by atomic mass is 10.1. The molecule has 0 aromatic carbocycles. The molecule has 4 rings (SSSR count). The fourth-order valence-electron chi connectivity index (χ4n) is 3.40. The Morgan fingerprint density at radius 1 is 1.28 bits per heavy atom. The molecule has 29 heavy (non-hydrogen) atoms. The Labute approximate surface area is 177 Å². The third-order valence-electron chi connectivity index (χ3n) is 4.91. The van der Waals surface area contributed by atoms with E-state index >= 15 is 0 Å². The van der Waals surface area contributed by atoms with Crippen molar-refractivity contribution in [3.63, 3.8) is 0 Å². The molecule has 0 saturated carbocycles. The number of ketones is 2. The van der Waals surface area contributed by atoms with Gasteiger partial charge >= 0.3 is 0 Å². The Kier molecular flexibility index (Phi) is 5.86. The molecule has 4 heterocycles. The quantitative estimate of drug-likeness (QED) is 0.322. The van der Waals surface area contributed by atoms with Crippen LogP contribution in [0.5, 0.6) is 0 Å². The molecule has 0 aliphatic carbocycles. The predicted octanol–water partition coefficient (Wildman–Crippen LogP) is -1.48. The first kappa shape index (κ1) is 20.6. The van der Waals surface area contributed by atoms with Crippen LogP contribution in [0.15, 0.2) is 22.4 Å². The van der Waals surface area contributed by atoms with Gasteiger partial charge in [-0.15, -0.1) is 0 Å². The number of hydrogen-bond donors (Lipinski definition) is 3. The van der Waals surface area contributed by atoms with Crippen LogP contribution in [0.1, 0.15) is 11.9 Å². The van der Waals surface area contributed by atoms with Gasteiger partial charge in [0.2, 0.25) is 11.6 Å². The van der Waals surface area contributed by atoms with E-state index in [2.05, 4.69) is 30.9 Å². The zero-order chi connectivity index (χ0) is 20.7. The van der Waals surface area contributed by atoms with E-state index in [1.807, 2.05) is 0 Å². The van der Waals surface area contributed by atoms with E-state index in [1.54, 1.807) is 21.9 Å². The Hall–Kier alpha value is -1.64. The Bertz CT molecular complexity index is 878. The number of halogens is 1. The van der Waals surface area contributed by atoms with Gasteiger partial charge in [-0.05, 0) is 0 Å². The van der Waals surface area contributed by atoms with E-state index in [4.69, 9.17) is 4.74 Å². The number of aliphatic imine (C=N–C) groups is 2. The second-order valence-corrected chi connectivity index (χ2v) is 8.14. The summed E-state index contributed by atoms with van der Waals surface area (Å²) in [6.45, 7) is -0.438. The average Bonchev–Trinajstić information content (AvgIpc) is 3.43. The van der Waals surface area contributed by atoms with E-state index in [-0.39, 0.29) is 11.1 Å². The van der Waals surface area contributed by atoms with E-state index < -0.39 is 54.9 Å². The molecule has 0 radical (unpaired) electrons. The van der Waals surface area contributed by atoms with Gasteiger partial charge in [0.15, 0.2) is 23.6 Å². The highest BCUT2D eigenvalue weighted by molar-refractivity contribution is 9.09. The van der Waals surface area contributed by atoms with Crippen molar-refractivity contribution in [2.24, 2.45) is 9.98 Å². The zero-order valence-electron chi connectivity index (χ0n) is 14.9. The third-order valence-corrected chi connectivity index (χ3v) is 6.38. The van der Waals surface area contributed by atoms with Gasteiger partial charge in [-0.2, -0.15) is 0 Å². The molecule has 13 heteroatoms. The SMILES string of the molecule is O=C(CBr)C(=O)CSC1=NC2C(N=CN2[C@@H]2O[C@H](CO)[C@@H](O)[C@H]2O)c2nccn21. The summed E-state index contributed by atoms with van der Waals surface area (Å²) in [6, 6.07) is -0.463. The number of carbonyl (C=O) groups is 2. The highest BCUT2D eigenvalue weighted by Crippen LogP contribution is 2.37. The number of Topliss-reactive ketones (excluding diaryl/α,β-unsaturated/α-hetero) is 2. The first-order chi connectivity index (χ1) is 14.0. The van der Waals surface area contributed by atoms with Gasteiger partial charge in [0, 0.05) is 12.4 Å². The van der Waals surface area contributed by atoms with E-state index in [9.17, 15) is 24.9 Å².